The zero-order valence-electron chi connectivity index (χ0n) is 12.1. The SMILES string of the molecule is O=C1Nc2ccc(OC(F)(F)F)cc2C1=Cc1ccc(O)c(I)c1I. The Morgan fingerprint density at radius 1 is 1.12 bits per heavy atom. The highest BCUT2D eigenvalue weighted by molar-refractivity contribution is 14.1. The van der Waals surface area contributed by atoms with Gasteiger partial charge >= 0.3 is 6.36 Å². The number of halogens is 5. The van der Waals surface area contributed by atoms with E-state index in [1.54, 1.807) is 12.1 Å². The second-order valence-electron chi connectivity index (χ2n) is 5.07. The first-order valence-corrected chi connectivity index (χ1v) is 8.91. The number of anilines is 1. The largest absolute Gasteiger partial charge is 0.573 e. The molecule has 0 atom stereocenters. The number of amides is 1. The maximum absolute atomic E-state index is 12.4. The molecule has 0 fully saturated rings. The molecule has 9 heteroatoms. The number of phenols is 1. The molecule has 1 amide bonds. The maximum atomic E-state index is 12.4. The Morgan fingerprint density at radius 2 is 1.84 bits per heavy atom. The second-order valence-corrected chi connectivity index (χ2v) is 7.23. The van der Waals surface area contributed by atoms with Crippen molar-refractivity contribution in [3.8, 4) is 11.5 Å². The second kappa shape index (κ2) is 6.67. The number of alkyl halides is 3. The van der Waals surface area contributed by atoms with E-state index >= 15 is 0 Å². The van der Waals surface area contributed by atoms with Gasteiger partial charge in [-0.15, -0.1) is 13.2 Å². The summed E-state index contributed by atoms with van der Waals surface area (Å²) in [6.07, 6.45) is -3.24. The Bertz CT molecular complexity index is 910. The van der Waals surface area contributed by atoms with Gasteiger partial charge in [-0.3, -0.25) is 4.79 Å². The van der Waals surface area contributed by atoms with Crippen molar-refractivity contribution in [3.05, 3.63) is 48.6 Å². The van der Waals surface area contributed by atoms with Gasteiger partial charge in [-0.2, -0.15) is 0 Å². The molecule has 130 valence electrons. The van der Waals surface area contributed by atoms with Crippen molar-refractivity contribution >= 4 is 68.4 Å². The third kappa shape index (κ3) is 3.86. The van der Waals surface area contributed by atoms with Crippen LogP contribution in [0, 0.1) is 7.14 Å². The van der Waals surface area contributed by atoms with Crippen molar-refractivity contribution in [2.24, 2.45) is 0 Å². The molecule has 0 spiro atoms. The highest BCUT2D eigenvalue weighted by Gasteiger charge is 2.32. The minimum Gasteiger partial charge on any atom is -0.507 e. The first kappa shape index (κ1) is 18.3. The molecule has 1 aliphatic rings. The van der Waals surface area contributed by atoms with E-state index in [0.29, 0.717) is 20.4 Å². The first-order chi connectivity index (χ1) is 11.7. The molecule has 1 aliphatic heterocycles. The molecule has 3 rings (SSSR count). The number of aromatic hydroxyl groups is 1. The topological polar surface area (TPSA) is 58.6 Å². The van der Waals surface area contributed by atoms with E-state index < -0.39 is 18.0 Å². The van der Waals surface area contributed by atoms with E-state index in [0.717, 1.165) is 9.64 Å². The van der Waals surface area contributed by atoms with Crippen LogP contribution >= 0.6 is 45.2 Å². The Balaban J connectivity index is 2.07. The van der Waals surface area contributed by atoms with E-state index in [4.69, 9.17) is 0 Å². The lowest BCUT2D eigenvalue weighted by molar-refractivity contribution is -0.274. The van der Waals surface area contributed by atoms with Gasteiger partial charge in [0, 0.05) is 20.4 Å². The van der Waals surface area contributed by atoms with Gasteiger partial charge in [0.1, 0.15) is 11.5 Å². The van der Waals surface area contributed by atoms with Crippen LogP contribution in [0.25, 0.3) is 11.6 Å². The average Bonchev–Trinajstić information content (AvgIpc) is 2.82. The molecule has 0 unspecified atom stereocenters. The van der Waals surface area contributed by atoms with Crippen LogP contribution in [-0.2, 0) is 4.79 Å². The molecule has 0 aromatic heterocycles. The lowest BCUT2D eigenvalue weighted by Gasteiger charge is -2.10. The van der Waals surface area contributed by atoms with Gasteiger partial charge in [0.05, 0.1) is 3.57 Å². The number of rotatable bonds is 2. The predicted molar refractivity (Wildman–Crippen MR) is 103 cm³/mol. The molecule has 25 heavy (non-hydrogen) atoms. The molecule has 1 heterocycles. The Hall–Kier alpha value is -1.50. The number of fused-ring (bicyclic) bond motifs is 1. The van der Waals surface area contributed by atoms with Crippen molar-refractivity contribution < 1.29 is 27.8 Å². The van der Waals surface area contributed by atoms with E-state index in [2.05, 4.69) is 10.1 Å². The number of nitrogens with one attached hydrogen (secondary N) is 1. The van der Waals surface area contributed by atoms with Crippen molar-refractivity contribution in [1.29, 1.82) is 0 Å². The summed E-state index contributed by atoms with van der Waals surface area (Å²) in [7, 11) is 0. The average molecular weight is 573 g/mol. The van der Waals surface area contributed by atoms with Crippen LogP contribution in [0.4, 0.5) is 18.9 Å². The van der Waals surface area contributed by atoms with Crippen molar-refractivity contribution in [2.45, 2.75) is 6.36 Å². The summed E-state index contributed by atoms with van der Waals surface area (Å²) in [4.78, 5) is 12.2. The van der Waals surface area contributed by atoms with Gasteiger partial charge in [0.15, 0.2) is 0 Å². The Labute approximate surface area is 167 Å². The van der Waals surface area contributed by atoms with Gasteiger partial charge in [-0.25, -0.2) is 0 Å². The highest BCUT2D eigenvalue weighted by Crippen LogP contribution is 2.38. The van der Waals surface area contributed by atoms with E-state index in [-0.39, 0.29) is 11.3 Å². The Kier molecular flexibility index (Phi) is 4.88. The van der Waals surface area contributed by atoms with Crippen molar-refractivity contribution in [2.75, 3.05) is 5.32 Å². The zero-order chi connectivity index (χ0) is 18.4. The van der Waals surface area contributed by atoms with Crippen LogP contribution in [0.15, 0.2) is 30.3 Å². The molecule has 2 aromatic rings. The molecular formula is C16H8F3I2NO3. The minimum absolute atomic E-state index is 0.115. The van der Waals surface area contributed by atoms with E-state index in [1.165, 1.54) is 18.2 Å². The monoisotopic (exact) mass is 573 g/mol. The zero-order valence-corrected chi connectivity index (χ0v) is 16.4. The lowest BCUT2D eigenvalue weighted by Crippen LogP contribution is -2.17. The third-order valence-electron chi connectivity index (χ3n) is 3.40. The fourth-order valence-corrected chi connectivity index (χ4v) is 3.43. The van der Waals surface area contributed by atoms with Crippen LogP contribution in [0.5, 0.6) is 11.5 Å². The van der Waals surface area contributed by atoms with Gasteiger partial charge in [0.2, 0.25) is 0 Å². The molecule has 2 N–H and O–H groups in total. The van der Waals surface area contributed by atoms with Crippen molar-refractivity contribution in [3.63, 3.8) is 0 Å². The van der Waals surface area contributed by atoms with Crippen LogP contribution in [-0.4, -0.2) is 17.4 Å². The number of ether oxygens (including phenoxy) is 1. The molecule has 0 aliphatic carbocycles. The highest BCUT2D eigenvalue weighted by atomic mass is 127. The molecular weight excluding hydrogens is 565 g/mol. The summed E-state index contributed by atoms with van der Waals surface area (Å²) in [6.45, 7) is 0. The molecule has 4 nitrogen and oxygen atoms in total. The summed E-state index contributed by atoms with van der Waals surface area (Å²) in [5.74, 6) is -0.703. The number of carbonyl (C=O) groups is 1. The molecule has 2 aromatic carbocycles. The van der Waals surface area contributed by atoms with Crippen LogP contribution < -0.4 is 10.1 Å². The normalized spacial score (nSPS) is 15.2. The van der Waals surface area contributed by atoms with Gasteiger partial charge in [-0.05, 0) is 81.1 Å². The quantitative estimate of drug-likeness (QED) is 0.394. The number of phenolic OH excluding ortho intramolecular Hbond substituents is 1. The summed E-state index contributed by atoms with van der Waals surface area (Å²) in [5.41, 5.74) is 1.63. The first-order valence-electron chi connectivity index (χ1n) is 6.76. The van der Waals surface area contributed by atoms with E-state index in [9.17, 15) is 23.1 Å². The predicted octanol–water partition coefficient (Wildman–Crippen LogP) is 4.99. The molecule has 0 radical (unpaired) electrons. The molecule has 0 bridgehead atoms. The summed E-state index contributed by atoms with van der Waals surface area (Å²) in [6, 6.07) is 6.80. The fraction of sp³-hybridized carbons (Fsp3) is 0.0625. The smallest absolute Gasteiger partial charge is 0.507 e. The van der Waals surface area contributed by atoms with Crippen LogP contribution in [0.1, 0.15) is 11.1 Å². The summed E-state index contributed by atoms with van der Waals surface area (Å²) in [5, 5.41) is 12.3. The van der Waals surface area contributed by atoms with Crippen molar-refractivity contribution in [1.82, 2.24) is 0 Å². The number of carbonyl (C=O) groups excluding carboxylic acids is 1. The molecule has 0 saturated heterocycles. The van der Waals surface area contributed by atoms with Gasteiger partial charge < -0.3 is 15.2 Å². The lowest BCUT2D eigenvalue weighted by atomic mass is 10.0. The number of benzene rings is 2. The van der Waals surface area contributed by atoms with Gasteiger partial charge in [0.25, 0.3) is 5.91 Å². The number of hydrogen-bond donors (Lipinski definition) is 2. The standard InChI is InChI=1S/C16H8F3I2NO3/c17-16(18,19)25-8-2-3-11-9(6-8)10(15(24)22-11)5-7-1-4-12(23)14(21)13(7)20/h1-6,23H,(H,22,24). The minimum atomic E-state index is -4.81. The van der Waals surface area contributed by atoms with Gasteiger partial charge in [-0.1, -0.05) is 6.07 Å². The summed E-state index contributed by atoms with van der Waals surface area (Å²) < 4.78 is 42.5. The van der Waals surface area contributed by atoms with E-state index in [1.807, 2.05) is 45.2 Å². The Morgan fingerprint density at radius 3 is 2.52 bits per heavy atom. The fourth-order valence-electron chi connectivity index (χ4n) is 2.33. The number of hydrogen-bond acceptors (Lipinski definition) is 3. The molecule has 0 saturated carbocycles. The third-order valence-corrected chi connectivity index (χ3v) is 6.69. The maximum Gasteiger partial charge on any atom is 0.573 e. The van der Waals surface area contributed by atoms with Crippen LogP contribution in [0.3, 0.4) is 0 Å². The summed E-state index contributed by atoms with van der Waals surface area (Å²) >= 11 is 4.01. The van der Waals surface area contributed by atoms with Crippen LogP contribution in [0.2, 0.25) is 0 Å².